The van der Waals surface area contributed by atoms with Crippen LogP contribution in [0.25, 0.3) is 22.6 Å². The van der Waals surface area contributed by atoms with Gasteiger partial charge in [-0.2, -0.15) is 4.98 Å². The molecule has 0 bridgehead atoms. The molecule has 0 saturated heterocycles. The molecule has 0 N–H and O–H groups in total. The van der Waals surface area contributed by atoms with Crippen molar-refractivity contribution in [2.24, 2.45) is 5.41 Å². The van der Waals surface area contributed by atoms with Crippen LogP contribution in [0, 0.1) is 17.3 Å². The Morgan fingerprint density at radius 2 is 1.93 bits per heavy atom. The fraction of sp³-hybridized carbons (Fsp3) is 0.429. The van der Waals surface area contributed by atoms with E-state index < -0.39 is 11.4 Å². The number of hydrogen-bond acceptors (Lipinski definition) is 7. The van der Waals surface area contributed by atoms with E-state index in [-0.39, 0.29) is 16.6 Å². The summed E-state index contributed by atoms with van der Waals surface area (Å²) in [7, 11) is 0. The van der Waals surface area contributed by atoms with Crippen LogP contribution in [-0.4, -0.2) is 35.6 Å². The maximum Gasteiger partial charge on any atom is 0.338 e. The SMILES string of the molecule is CCCCC#Cc1nc(Cl)c2nc(-c3cncnc3)n(OC(=O)C(C)(C)CC)c2n1. The molecule has 0 atom stereocenters. The normalized spacial score (nSPS) is 11.2. The summed E-state index contributed by atoms with van der Waals surface area (Å²) in [6.07, 6.45) is 7.91. The number of fused-ring (bicyclic) bond motifs is 1. The first-order valence-electron chi connectivity index (χ1n) is 9.80. The number of halogens is 1. The van der Waals surface area contributed by atoms with Gasteiger partial charge in [0.1, 0.15) is 11.8 Å². The van der Waals surface area contributed by atoms with Crippen molar-refractivity contribution < 1.29 is 9.63 Å². The molecule has 30 heavy (non-hydrogen) atoms. The Bertz CT molecular complexity index is 1120. The second-order valence-electron chi connectivity index (χ2n) is 7.39. The van der Waals surface area contributed by atoms with Gasteiger partial charge in [0.05, 0.1) is 11.0 Å². The predicted molar refractivity (Wildman–Crippen MR) is 113 cm³/mol. The lowest BCUT2D eigenvalue weighted by Gasteiger charge is -2.20. The summed E-state index contributed by atoms with van der Waals surface area (Å²) in [5.74, 6) is 6.08. The standard InChI is InChI=1S/C21H23ClN6O2/c1-5-7-8-9-10-15-25-17(22)16-19(26-15)28(30-20(29)21(3,4)6-2)18(27-16)14-11-23-13-24-12-14/h11-13H,5-8H2,1-4H3. The Morgan fingerprint density at radius 1 is 1.20 bits per heavy atom. The molecule has 156 valence electrons. The summed E-state index contributed by atoms with van der Waals surface area (Å²) in [4.78, 5) is 39.7. The highest BCUT2D eigenvalue weighted by Gasteiger charge is 2.30. The van der Waals surface area contributed by atoms with Gasteiger partial charge in [-0.25, -0.2) is 24.7 Å². The van der Waals surface area contributed by atoms with Crippen molar-refractivity contribution in [3.63, 3.8) is 0 Å². The number of aromatic nitrogens is 6. The van der Waals surface area contributed by atoms with Crippen LogP contribution in [-0.2, 0) is 4.79 Å². The summed E-state index contributed by atoms with van der Waals surface area (Å²) in [5.41, 5.74) is 0.413. The molecule has 9 heteroatoms. The quantitative estimate of drug-likeness (QED) is 0.335. The molecule has 3 aromatic rings. The van der Waals surface area contributed by atoms with Crippen molar-refractivity contribution in [3.05, 3.63) is 29.7 Å². The van der Waals surface area contributed by atoms with Crippen LogP contribution in [0.1, 0.15) is 59.2 Å². The van der Waals surface area contributed by atoms with E-state index in [4.69, 9.17) is 16.4 Å². The predicted octanol–water partition coefficient (Wildman–Crippen LogP) is 3.87. The van der Waals surface area contributed by atoms with E-state index in [0.717, 1.165) is 19.3 Å². The zero-order valence-electron chi connectivity index (χ0n) is 17.4. The Labute approximate surface area is 180 Å². The molecule has 3 rings (SSSR count). The molecular formula is C21H23ClN6O2. The van der Waals surface area contributed by atoms with Gasteiger partial charge in [-0.05, 0) is 32.6 Å². The third kappa shape index (κ3) is 4.57. The van der Waals surface area contributed by atoms with E-state index in [9.17, 15) is 4.79 Å². The number of rotatable bonds is 6. The average Bonchev–Trinajstić information content (AvgIpc) is 3.11. The molecular weight excluding hydrogens is 404 g/mol. The molecule has 0 spiro atoms. The number of carbonyl (C=O) groups excluding carboxylic acids is 1. The molecule has 0 amide bonds. The van der Waals surface area contributed by atoms with Gasteiger partial charge < -0.3 is 4.84 Å². The van der Waals surface area contributed by atoms with Gasteiger partial charge in [-0.15, -0.1) is 4.73 Å². The monoisotopic (exact) mass is 426 g/mol. The fourth-order valence-electron chi connectivity index (χ4n) is 2.40. The lowest BCUT2D eigenvalue weighted by molar-refractivity contribution is -0.153. The molecule has 3 aromatic heterocycles. The summed E-state index contributed by atoms with van der Waals surface area (Å²) in [6, 6.07) is 0. The van der Waals surface area contributed by atoms with E-state index >= 15 is 0 Å². The highest BCUT2D eigenvalue weighted by molar-refractivity contribution is 6.33. The van der Waals surface area contributed by atoms with Crippen molar-refractivity contribution >= 4 is 28.7 Å². The number of imidazole rings is 1. The third-order valence-corrected chi connectivity index (χ3v) is 4.97. The number of nitrogens with zero attached hydrogens (tertiary/aromatic N) is 6. The van der Waals surface area contributed by atoms with Crippen LogP contribution in [0.15, 0.2) is 18.7 Å². The van der Waals surface area contributed by atoms with E-state index in [2.05, 4.69) is 43.7 Å². The second-order valence-corrected chi connectivity index (χ2v) is 7.75. The Hall–Kier alpha value is -3.05. The fourth-order valence-corrected chi connectivity index (χ4v) is 2.61. The average molecular weight is 427 g/mol. The van der Waals surface area contributed by atoms with Crippen LogP contribution in [0.4, 0.5) is 0 Å². The number of hydrogen-bond donors (Lipinski definition) is 0. The summed E-state index contributed by atoms with van der Waals surface area (Å²) in [6.45, 7) is 7.64. The van der Waals surface area contributed by atoms with Crippen LogP contribution in [0.5, 0.6) is 0 Å². The number of carbonyl (C=O) groups is 1. The minimum atomic E-state index is -0.694. The lowest BCUT2D eigenvalue weighted by Crippen LogP contribution is -2.33. The molecule has 0 fully saturated rings. The molecule has 0 radical (unpaired) electrons. The van der Waals surface area contributed by atoms with Crippen LogP contribution < -0.4 is 4.84 Å². The molecule has 0 aromatic carbocycles. The van der Waals surface area contributed by atoms with E-state index in [0.29, 0.717) is 23.3 Å². The van der Waals surface area contributed by atoms with Crippen molar-refractivity contribution in [1.29, 1.82) is 0 Å². The van der Waals surface area contributed by atoms with Gasteiger partial charge in [0, 0.05) is 18.8 Å². The molecule has 0 unspecified atom stereocenters. The highest BCUT2D eigenvalue weighted by Crippen LogP contribution is 2.27. The Kier molecular flexibility index (Phi) is 6.63. The molecule has 3 heterocycles. The van der Waals surface area contributed by atoms with Gasteiger partial charge in [0.15, 0.2) is 11.0 Å². The van der Waals surface area contributed by atoms with Gasteiger partial charge in [-0.1, -0.05) is 37.8 Å². The van der Waals surface area contributed by atoms with Crippen LogP contribution in [0.2, 0.25) is 5.15 Å². The number of unbranched alkanes of at least 4 members (excludes halogenated alkanes) is 2. The smallest absolute Gasteiger partial charge is 0.332 e. The minimum Gasteiger partial charge on any atom is -0.332 e. The molecule has 0 aliphatic heterocycles. The van der Waals surface area contributed by atoms with Crippen molar-refractivity contribution in [2.75, 3.05) is 0 Å². The highest BCUT2D eigenvalue weighted by atomic mass is 35.5. The minimum absolute atomic E-state index is 0.127. The van der Waals surface area contributed by atoms with Crippen LogP contribution >= 0.6 is 11.6 Å². The zero-order valence-corrected chi connectivity index (χ0v) is 18.2. The largest absolute Gasteiger partial charge is 0.338 e. The van der Waals surface area contributed by atoms with E-state index in [1.165, 1.54) is 11.1 Å². The van der Waals surface area contributed by atoms with Gasteiger partial charge in [-0.3, -0.25) is 0 Å². The van der Waals surface area contributed by atoms with Crippen molar-refractivity contribution in [3.8, 4) is 23.2 Å². The zero-order chi connectivity index (χ0) is 21.7. The first-order chi connectivity index (χ1) is 14.4. The Morgan fingerprint density at radius 3 is 2.60 bits per heavy atom. The van der Waals surface area contributed by atoms with Gasteiger partial charge in [0.2, 0.25) is 11.5 Å². The summed E-state index contributed by atoms with van der Waals surface area (Å²) in [5, 5.41) is 0.127. The van der Waals surface area contributed by atoms with E-state index in [1.54, 1.807) is 12.4 Å². The first kappa shape index (κ1) is 21.7. The van der Waals surface area contributed by atoms with Crippen LogP contribution in [0.3, 0.4) is 0 Å². The maximum atomic E-state index is 12.8. The second kappa shape index (κ2) is 9.18. The lowest BCUT2D eigenvalue weighted by atomic mass is 9.91. The van der Waals surface area contributed by atoms with Crippen molar-refractivity contribution in [2.45, 2.75) is 53.4 Å². The third-order valence-electron chi connectivity index (χ3n) is 4.71. The molecule has 8 nitrogen and oxygen atoms in total. The summed E-state index contributed by atoms with van der Waals surface area (Å²) < 4.78 is 1.26. The molecule has 0 aliphatic rings. The molecule has 0 saturated carbocycles. The van der Waals surface area contributed by atoms with Gasteiger partial charge >= 0.3 is 5.97 Å². The Balaban J connectivity index is 2.16. The van der Waals surface area contributed by atoms with E-state index in [1.807, 2.05) is 20.8 Å². The summed E-state index contributed by atoms with van der Waals surface area (Å²) >= 11 is 6.36. The van der Waals surface area contributed by atoms with Crippen molar-refractivity contribution in [1.82, 2.24) is 29.7 Å². The maximum absolute atomic E-state index is 12.8. The topological polar surface area (TPSA) is 95.7 Å². The first-order valence-corrected chi connectivity index (χ1v) is 10.2. The van der Waals surface area contributed by atoms with Gasteiger partial charge in [0.25, 0.3) is 0 Å². The molecule has 0 aliphatic carbocycles.